The molecule has 1 atom stereocenters. The van der Waals surface area contributed by atoms with Gasteiger partial charge in [0.25, 0.3) is 5.91 Å². The van der Waals surface area contributed by atoms with Crippen LogP contribution in [0.25, 0.3) is 0 Å². The molecule has 1 amide bonds. The Morgan fingerprint density at radius 3 is 2.50 bits per heavy atom. The maximum absolute atomic E-state index is 12.5. The highest BCUT2D eigenvalue weighted by Gasteiger charge is 2.15. The van der Waals surface area contributed by atoms with Gasteiger partial charge in [-0.25, -0.2) is 4.79 Å². The third kappa shape index (κ3) is 5.73. The SMILES string of the molecule is CCC(C)c1ccc(NC(=O)COC(=O)c2ccccc2NCc2ccco2)cc1. The molecule has 0 bridgehead atoms. The van der Waals surface area contributed by atoms with Crippen molar-refractivity contribution in [3.63, 3.8) is 0 Å². The molecule has 0 saturated carbocycles. The molecule has 156 valence electrons. The summed E-state index contributed by atoms with van der Waals surface area (Å²) in [5, 5.41) is 5.90. The van der Waals surface area contributed by atoms with E-state index in [9.17, 15) is 9.59 Å². The monoisotopic (exact) mass is 406 g/mol. The van der Waals surface area contributed by atoms with Gasteiger partial charge in [-0.1, -0.05) is 38.1 Å². The standard InChI is InChI=1S/C24H26N2O4/c1-3-17(2)18-10-12-19(13-11-18)26-23(27)16-30-24(28)21-8-4-5-9-22(21)25-15-20-7-6-14-29-20/h4-14,17,25H,3,15-16H2,1-2H3,(H,26,27). The van der Waals surface area contributed by atoms with Crippen molar-refractivity contribution in [3.8, 4) is 0 Å². The molecule has 30 heavy (non-hydrogen) atoms. The van der Waals surface area contributed by atoms with Crippen molar-refractivity contribution in [3.05, 3.63) is 83.8 Å². The lowest BCUT2D eigenvalue weighted by Gasteiger charge is -2.12. The van der Waals surface area contributed by atoms with E-state index in [1.54, 1.807) is 30.5 Å². The van der Waals surface area contributed by atoms with E-state index in [1.807, 2.05) is 36.4 Å². The van der Waals surface area contributed by atoms with Gasteiger partial charge in [-0.15, -0.1) is 0 Å². The number of anilines is 2. The van der Waals surface area contributed by atoms with Crippen LogP contribution >= 0.6 is 0 Å². The predicted octanol–water partition coefficient (Wildman–Crippen LogP) is 5.20. The quantitative estimate of drug-likeness (QED) is 0.477. The number of esters is 1. The first kappa shape index (κ1) is 21.2. The van der Waals surface area contributed by atoms with Crippen LogP contribution in [-0.4, -0.2) is 18.5 Å². The van der Waals surface area contributed by atoms with Crippen LogP contribution in [0, 0.1) is 0 Å². The van der Waals surface area contributed by atoms with Crippen LogP contribution in [0.15, 0.2) is 71.3 Å². The Bertz CT molecular complexity index is 965. The lowest BCUT2D eigenvalue weighted by Crippen LogP contribution is -2.21. The van der Waals surface area contributed by atoms with E-state index in [2.05, 4.69) is 24.5 Å². The van der Waals surface area contributed by atoms with Gasteiger partial charge in [0.15, 0.2) is 6.61 Å². The number of carbonyl (C=O) groups is 2. The minimum Gasteiger partial charge on any atom is -0.467 e. The van der Waals surface area contributed by atoms with E-state index >= 15 is 0 Å². The number of rotatable bonds is 9. The van der Waals surface area contributed by atoms with Crippen LogP contribution in [0.3, 0.4) is 0 Å². The van der Waals surface area contributed by atoms with Gasteiger partial charge in [0, 0.05) is 11.4 Å². The van der Waals surface area contributed by atoms with Gasteiger partial charge < -0.3 is 19.8 Å². The first-order valence-electron chi connectivity index (χ1n) is 9.99. The summed E-state index contributed by atoms with van der Waals surface area (Å²) >= 11 is 0. The van der Waals surface area contributed by atoms with Crippen LogP contribution < -0.4 is 10.6 Å². The molecule has 0 aliphatic rings. The average molecular weight is 406 g/mol. The normalized spacial score (nSPS) is 11.5. The fourth-order valence-electron chi connectivity index (χ4n) is 2.95. The number of furan rings is 1. The molecule has 0 aliphatic heterocycles. The van der Waals surface area contributed by atoms with E-state index in [0.29, 0.717) is 29.4 Å². The minimum atomic E-state index is -0.570. The second-order valence-corrected chi connectivity index (χ2v) is 7.03. The van der Waals surface area contributed by atoms with Crippen molar-refractivity contribution in [2.24, 2.45) is 0 Å². The topological polar surface area (TPSA) is 80.6 Å². The van der Waals surface area contributed by atoms with Crippen LogP contribution in [0.2, 0.25) is 0 Å². The number of hydrogen-bond donors (Lipinski definition) is 2. The van der Waals surface area contributed by atoms with E-state index in [-0.39, 0.29) is 12.5 Å². The summed E-state index contributed by atoms with van der Waals surface area (Å²) in [5.41, 5.74) is 2.86. The van der Waals surface area contributed by atoms with Crippen LogP contribution in [-0.2, 0) is 16.1 Å². The third-order valence-corrected chi connectivity index (χ3v) is 4.89. The minimum absolute atomic E-state index is 0.356. The molecule has 6 nitrogen and oxygen atoms in total. The fourth-order valence-corrected chi connectivity index (χ4v) is 2.95. The molecule has 6 heteroatoms. The summed E-state index contributed by atoms with van der Waals surface area (Å²) in [6, 6.07) is 18.3. The fraction of sp³-hybridized carbons (Fsp3) is 0.250. The van der Waals surface area contributed by atoms with Crippen molar-refractivity contribution in [2.75, 3.05) is 17.2 Å². The number of ether oxygens (including phenoxy) is 1. The maximum Gasteiger partial charge on any atom is 0.340 e. The van der Waals surface area contributed by atoms with Crippen LogP contribution in [0.4, 0.5) is 11.4 Å². The highest BCUT2D eigenvalue weighted by molar-refractivity contribution is 5.98. The van der Waals surface area contributed by atoms with Gasteiger partial charge in [0.2, 0.25) is 0 Å². The molecule has 1 aromatic heterocycles. The smallest absolute Gasteiger partial charge is 0.340 e. The van der Waals surface area contributed by atoms with Crippen molar-refractivity contribution in [2.45, 2.75) is 32.7 Å². The van der Waals surface area contributed by atoms with Crippen LogP contribution in [0.1, 0.15) is 47.9 Å². The van der Waals surface area contributed by atoms with Crippen LogP contribution in [0.5, 0.6) is 0 Å². The number of benzene rings is 2. The second kappa shape index (κ2) is 10.3. The summed E-state index contributed by atoms with van der Waals surface area (Å²) in [5.74, 6) is 0.259. The van der Waals surface area contributed by atoms with Crippen molar-refractivity contribution in [1.29, 1.82) is 0 Å². The molecule has 1 unspecified atom stereocenters. The Balaban J connectivity index is 1.53. The zero-order valence-electron chi connectivity index (χ0n) is 17.2. The molecule has 0 aliphatic carbocycles. The zero-order valence-corrected chi connectivity index (χ0v) is 17.2. The number of amides is 1. The third-order valence-electron chi connectivity index (χ3n) is 4.89. The molecule has 0 saturated heterocycles. The second-order valence-electron chi connectivity index (χ2n) is 7.03. The first-order valence-corrected chi connectivity index (χ1v) is 9.99. The molecular formula is C24H26N2O4. The highest BCUT2D eigenvalue weighted by atomic mass is 16.5. The summed E-state index contributed by atoms with van der Waals surface area (Å²) in [6.07, 6.45) is 2.65. The lowest BCUT2D eigenvalue weighted by molar-refractivity contribution is -0.119. The Hall–Kier alpha value is -3.54. The largest absolute Gasteiger partial charge is 0.467 e. The average Bonchev–Trinajstić information content (AvgIpc) is 3.30. The summed E-state index contributed by atoms with van der Waals surface area (Å²) in [7, 11) is 0. The van der Waals surface area contributed by atoms with Gasteiger partial charge in [-0.05, 0) is 54.3 Å². The number of nitrogens with one attached hydrogen (secondary N) is 2. The molecule has 1 heterocycles. The van der Waals surface area contributed by atoms with Gasteiger partial charge in [0.1, 0.15) is 5.76 Å². The van der Waals surface area contributed by atoms with E-state index in [0.717, 1.165) is 12.2 Å². The van der Waals surface area contributed by atoms with Crippen molar-refractivity contribution < 1.29 is 18.7 Å². The van der Waals surface area contributed by atoms with E-state index in [1.165, 1.54) is 5.56 Å². The van der Waals surface area contributed by atoms with Gasteiger partial charge >= 0.3 is 5.97 Å². The lowest BCUT2D eigenvalue weighted by atomic mass is 9.99. The molecule has 2 N–H and O–H groups in total. The number of hydrogen-bond acceptors (Lipinski definition) is 5. The zero-order chi connectivity index (χ0) is 21.3. The number of carbonyl (C=O) groups excluding carboxylic acids is 2. The van der Waals surface area contributed by atoms with Gasteiger partial charge in [-0.2, -0.15) is 0 Å². The van der Waals surface area contributed by atoms with E-state index < -0.39 is 5.97 Å². The Kier molecular flexibility index (Phi) is 7.27. The summed E-state index contributed by atoms with van der Waals surface area (Å²) in [4.78, 5) is 24.6. The summed E-state index contributed by atoms with van der Waals surface area (Å²) < 4.78 is 10.5. The van der Waals surface area contributed by atoms with E-state index in [4.69, 9.17) is 9.15 Å². The highest BCUT2D eigenvalue weighted by Crippen LogP contribution is 2.21. The Labute approximate surface area is 176 Å². The molecule has 3 rings (SSSR count). The first-order chi connectivity index (χ1) is 14.6. The molecule has 0 radical (unpaired) electrons. The predicted molar refractivity (Wildman–Crippen MR) is 117 cm³/mol. The van der Waals surface area contributed by atoms with Gasteiger partial charge in [-0.3, -0.25) is 4.79 Å². The number of para-hydroxylation sites is 1. The molecule has 0 fully saturated rings. The Morgan fingerprint density at radius 2 is 1.80 bits per heavy atom. The van der Waals surface area contributed by atoms with Crippen molar-refractivity contribution in [1.82, 2.24) is 0 Å². The molecule has 3 aromatic rings. The molecule has 2 aromatic carbocycles. The summed E-state index contributed by atoms with van der Waals surface area (Å²) in [6.45, 7) is 4.37. The van der Waals surface area contributed by atoms with Crippen molar-refractivity contribution >= 4 is 23.3 Å². The Morgan fingerprint density at radius 1 is 1.03 bits per heavy atom. The molecular weight excluding hydrogens is 380 g/mol. The maximum atomic E-state index is 12.5. The van der Waals surface area contributed by atoms with Gasteiger partial charge in [0.05, 0.1) is 18.4 Å². The molecule has 0 spiro atoms.